The molecule has 178 valence electrons. The summed E-state index contributed by atoms with van der Waals surface area (Å²) in [6.45, 7) is 0. The van der Waals surface area contributed by atoms with Crippen LogP contribution in [0.15, 0.2) is 82.6 Å². The third-order valence-corrected chi connectivity index (χ3v) is 9.07. The van der Waals surface area contributed by atoms with Crippen LogP contribution in [0.4, 0.5) is 5.69 Å². The minimum atomic E-state index is -4.12. The SMILES string of the molecule is O=C(c1cccc([N+](=O)[O-])c1)C(CS(=O)(=O)c1ccc(Cl)cc1)CS(=O)(=O)c1ccc(Cl)cc1. The highest BCUT2D eigenvalue weighted by Crippen LogP contribution is 2.25. The van der Waals surface area contributed by atoms with E-state index < -0.39 is 47.8 Å². The first-order valence-electron chi connectivity index (χ1n) is 9.64. The molecule has 0 saturated carbocycles. The van der Waals surface area contributed by atoms with Crippen LogP contribution in [-0.4, -0.2) is 39.0 Å². The van der Waals surface area contributed by atoms with Crippen LogP contribution in [0.25, 0.3) is 0 Å². The first-order valence-corrected chi connectivity index (χ1v) is 13.7. The molecule has 0 heterocycles. The van der Waals surface area contributed by atoms with E-state index >= 15 is 0 Å². The van der Waals surface area contributed by atoms with Crippen LogP contribution in [0.3, 0.4) is 0 Å². The summed E-state index contributed by atoms with van der Waals surface area (Å²) in [6, 6.07) is 15.1. The Labute approximate surface area is 206 Å². The number of halogens is 2. The van der Waals surface area contributed by atoms with Gasteiger partial charge in [-0.1, -0.05) is 35.3 Å². The number of nitro groups is 1. The standard InChI is InChI=1S/C22H17Cl2NO7S2/c23-17-4-8-20(9-5-17)33(29,30)13-16(14-34(31,32)21-10-6-18(24)7-11-21)22(26)15-2-1-3-19(12-15)25(27)28/h1-12,16H,13-14H2. The smallest absolute Gasteiger partial charge is 0.270 e. The van der Waals surface area contributed by atoms with E-state index in [0.29, 0.717) is 10.0 Å². The third kappa shape index (κ3) is 6.20. The van der Waals surface area contributed by atoms with Gasteiger partial charge in [0.2, 0.25) is 0 Å². The molecule has 0 atom stereocenters. The molecule has 0 aromatic heterocycles. The number of hydrogen-bond acceptors (Lipinski definition) is 7. The summed E-state index contributed by atoms with van der Waals surface area (Å²) in [6.07, 6.45) is 0. The number of hydrogen-bond donors (Lipinski definition) is 0. The Morgan fingerprint density at radius 1 is 0.794 bits per heavy atom. The Bertz CT molecular complexity index is 1360. The van der Waals surface area contributed by atoms with Gasteiger partial charge in [0.1, 0.15) is 0 Å². The minimum absolute atomic E-state index is 0.141. The second-order valence-electron chi connectivity index (χ2n) is 7.34. The Kier molecular flexibility index (Phi) is 7.77. The molecular formula is C22H17Cl2NO7S2. The third-order valence-electron chi connectivity index (χ3n) is 4.90. The average molecular weight is 542 g/mol. The maximum absolute atomic E-state index is 13.3. The van der Waals surface area contributed by atoms with E-state index in [4.69, 9.17) is 23.2 Å². The lowest BCUT2D eigenvalue weighted by Crippen LogP contribution is -2.31. The van der Waals surface area contributed by atoms with Crippen LogP contribution in [-0.2, 0) is 19.7 Å². The van der Waals surface area contributed by atoms with Gasteiger partial charge in [-0.05, 0) is 48.5 Å². The summed E-state index contributed by atoms with van der Waals surface area (Å²) < 4.78 is 52.1. The monoisotopic (exact) mass is 541 g/mol. The van der Waals surface area contributed by atoms with E-state index in [1.165, 1.54) is 66.7 Å². The van der Waals surface area contributed by atoms with Crippen LogP contribution >= 0.6 is 23.2 Å². The zero-order chi connectivity index (χ0) is 25.1. The summed E-state index contributed by atoms with van der Waals surface area (Å²) in [5, 5.41) is 11.7. The molecule has 0 aliphatic carbocycles. The van der Waals surface area contributed by atoms with Gasteiger partial charge in [0.15, 0.2) is 25.5 Å². The number of nitro benzene ring substituents is 1. The number of nitrogens with zero attached hydrogens (tertiary/aromatic N) is 1. The summed E-state index contributed by atoms with van der Waals surface area (Å²) in [5.41, 5.74) is -0.553. The Morgan fingerprint density at radius 2 is 1.24 bits per heavy atom. The lowest BCUT2D eigenvalue weighted by Gasteiger charge is -2.17. The van der Waals surface area contributed by atoms with Crippen molar-refractivity contribution < 1.29 is 26.6 Å². The minimum Gasteiger partial charge on any atom is -0.294 e. The zero-order valence-corrected chi connectivity index (χ0v) is 20.4. The van der Waals surface area contributed by atoms with Crippen molar-refractivity contribution in [1.29, 1.82) is 0 Å². The van der Waals surface area contributed by atoms with Gasteiger partial charge in [-0.25, -0.2) is 16.8 Å². The Hall–Kier alpha value is -2.79. The second-order valence-corrected chi connectivity index (χ2v) is 12.3. The molecule has 3 aromatic carbocycles. The molecule has 12 heteroatoms. The maximum Gasteiger partial charge on any atom is 0.270 e. The van der Waals surface area contributed by atoms with Gasteiger partial charge in [-0.15, -0.1) is 0 Å². The number of Topliss-reactive ketones (excluding diaryl/α,β-unsaturated/α-hetero) is 1. The maximum atomic E-state index is 13.3. The van der Waals surface area contributed by atoms with Crippen LogP contribution in [0.1, 0.15) is 10.4 Å². The molecule has 0 bridgehead atoms. The second kappa shape index (κ2) is 10.2. The van der Waals surface area contributed by atoms with Crippen LogP contribution in [0.5, 0.6) is 0 Å². The van der Waals surface area contributed by atoms with Crippen molar-refractivity contribution in [3.8, 4) is 0 Å². The van der Waals surface area contributed by atoms with E-state index in [0.717, 1.165) is 6.07 Å². The fraction of sp³-hybridized carbons (Fsp3) is 0.136. The van der Waals surface area contributed by atoms with E-state index in [1.807, 2.05) is 0 Å². The lowest BCUT2D eigenvalue weighted by molar-refractivity contribution is -0.384. The molecule has 0 radical (unpaired) electrons. The molecular weight excluding hydrogens is 525 g/mol. The summed E-state index contributed by atoms with van der Waals surface area (Å²) in [5.74, 6) is -4.05. The van der Waals surface area contributed by atoms with Gasteiger partial charge in [0.05, 0.1) is 32.1 Å². The summed E-state index contributed by atoms with van der Waals surface area (Å²) in [4.78, 5) is 23.4. The zero-order valence-electron chi connectivity index (χ0n) is 17.3. The lowest BCUT2D eigenvalue weighted by atomic mass is 10.0. The fourth-order valence-electron chi connectivity index (χ4n) is 3.21. The Balaban J connectivity index is 2.02. The fourth-order valence-corrected chi connectivity index (χ4v) is 6.70. The Morgan fingerprint density at radius 3 is 1.65 bits per heavy atom. The van der Waals surface area contributed by atoms with Gasteiger partial charge < -0.3 is 0 Å². The number of sulfone groups is 2. The first kappa shape index (κ1) is 25.8. The van der Waals surface area contributed by atoms with Crippen molar-refractivity contribution in [2.75, 3.05) is 11.5 Å². The molecule has 3 rings (SSSR count). The molecule has 0 spiro atoms. The first-order chi connectivity index (χ1) is 15.9. The molecule has 0 fully saturated rings. The van der Waals surface area contributed by atoms with E-state index in [1.54, 1.807) is 0 Å². The van der Waals surface area contributed by atoms with E-state index in [-0.39, 0.29) is 21.0 Å². The van der Waals surface area contributed by atoms with Crippen molar-refractivity contribution in [3.05, 3.63) is 98.5 Å². The molecule has 0 N–H and O–H groups in total. The predicted octanol–water partition coefficient (Wildman–Crippen LogP) is 4.65. The van der Waals surface area contributed by atoms with Gasteiger partial charge in [0.25, 0.3) is 5.69 Å². The van der Waals surface area contributed by atoms with Gasteiger partial charge in [-0.2, -0.15) is 0 Å². The molecule has 0 aliphatic rings. The predicted molar refractivity (Wildman–Crippen MR) is 128 cm³/mol. The highest BCUT2D eigenvalue weighted by molar-refractivity contribution is 7.92. The topological polar surface area (TPSA) is 128 Å². The van der Waals surface area contributed by atoms with Crippen molar-refractivity contribution in [2.45, 2.75) is 9.79 Å². The molecule has 3 aromatic rings. The number of ketones is 1. The number of carbonyl (C=O) groups excluding carboxylic acids is 1. The van der Waals surface area contributed by atoms with Crippen molar-refractivity contribution in [1.82, 2.24) is 0 Å². The highest BCUT2D eigenvalue weighted by atomic mass is 35.5. The number of non-ortho nitro benzene ring substituents is 1. The normalized spacial score (nSPS) is 12.0. The number of benzene rings is 3. The summed E-state index contributed by atoms with van der Waals surface area (Å²) >= 11 is 11.6. The molecule has 0 aliphatic heterocycles. The quantitative estimate of drug-likeness (QED) is 0.219. The van der Waals surface area contributed by atoms with Crippen molar-refractivity contribution in [2.24, 2.45) is 5.92 Å². The van der Waals surface area contributed by atoms with E-state index in [2.05, 4.69) is 0 Å². The molecule has 0 amide bonds. The number of rotatable bonds is 9. The van der Waals surface area contributed by atoms with Gasteiger partial charge in [-0.3, -0.25) is 14.9 Å². The van der Waals surface area contributed by atoms with Crippen LogP contribution in [0.2, 0.25) is 10.0 Å². The molecule has 34 heavy (non-hydrogen) atoms. The van der Waals surface area contributed by atoms with Crippen molar-refractivity contribution in [3.63, 3.8) is 0 Å². The molecule has 0 saturated heterocycles. The molecule has 0 unspecified atom stereocenters. The highest BCUT2D eigenvalue weighted by Gasteiger charge is 2.33. The van der Waals surface area contributed by atoms with E-state index in [9.17, 15) is 31.7 Å². The largest absolute Gasteiger partial charge is 0.294 e. The van der Waals surface area contributed by atoms with Crippen LogP contribution < -0.4 is 0 Å². The van der Waals surface area contributed by atoms with Crippen molar-refractivity contribution >= 4 is 54.3 Å². The van der Waals surface area contributed by atoms with Crippen LogP contribution in [0, 0.1) is 16.0 Å². The summed E-state index contributed by atoms with van der Waals surface area (Å²) in [7, 11) is -8.23. The van der Waals surface area contributed by atoms with Gasteiger partial charge >= 0.3 is 0 Å². The average Bonchev–Trinajstić information content (AvgIpc) is 2.78. The number of carbonyl (C=O) groups is 1. The van der Waals surface area contributed by atoms with Gasteiger partial charge in [0, 0.05) is 27.7 Å². The molecule has 8 nitrogen and oxygen atoms in total.